The molecule has 4 nitrogen and oxygen atoms in total. The second-order valence-corrected chi connectivity index (χ2v) is 7.99. The summed E-state index contributed by atoms with van der Waals surface area (Å²) in [5, 5.41) is 7.20. The van der Waals surface area contributed by atoms with Crippen LogP contribution in [0.25, 0.3) is 10.8 Å². The van der Waals surface area contributed by atoms with Crippen molar-refractivity contribution >= 4 is 22.4 Å². The van der Waals surface area contributed by atoms with Gasteiger partial charge in [-0.2, -0.15) is 5.10 Å². The van der Waals surface area contributed by atoms with E-state index in [1.807, 2.05) is 48.5 Å². The molecule has 1 aliphatic rings. The molecule has 1 aliphatic heterocycles. The van der Waals surface area contributed by atoms with Gasteiger partial charge in [0.15, 0.2) is 0 Å². The fraction of sp³-hybridized carbons (Fsp3) is 0.364. The van der Waals surface area contributed by atoms with Crippen molar-refractivity contribution in [3.63, 3.8) is 0 Å². The van der Waals surface area contributed by atoms with Gasteiger partial charge in [0.2, 0.25) is 0 Å². The van der Waals surface area contributed by atoms with Crippen LogP contribution in [0.2, 0.25) is 5.02 Å². The summed E-state index contributed by atoms with van der Waals surface area (Å²) in [5.41, 5.74) is 2.09. The van der Waals surface area contributed by atoms with Gasteiger partial charge in [0.05, 0.1) is 11.1 Å². The van der Waals surface area contributed by atoms with Gasteiger partial charge >= 0.3 is 0 Å². The molecule has 0 radical (unpaired) electrons. The van der Waals surface area contributed by atoms with E-state index in [1.54, 1.807) is 4.68 Å². The molecule has 0 spiro atoms. The SMILES string of the molecule is CN1CCCC(Cn2nc(Cc3ccc(Cl)cc3)c3ccccc3c2=O)C1. The Hall–Kier alpha value is -2.17. The summed E-state index contributed by atoms with van der Waals surface area (Å²) >= 11 is 6.01. The first-order valence-electron chi connectivity index (χ1n) is 9.52. The largest absolute Gasteiger partial charge is 0.306 e. The van der Waals surface area contributed by atoms with Crippen LogP contribution in [0.5, 0.6) is 0 Å². The van der Waals surface area contributed by atoms with Crippen LogP contribution in [0.3, 0.4) is 0 Å². The molecule has 3 aromatic rings. The summed E-state index contributed by atoms with van der Waals surface area (Å²) in [6.07, 6.45) is 3.02. The molecular formula is C22H24ClN3O. The minimum absolute atomic E-state index is 0.0127. The van der Waals surface area contributed by atoms with Gasteiger partial charge in [0, 0.05) is 29.9 Å². The van der Waals surface area contributed by atoms with Crippen LogP contribution in [0.15, 0.2) is 53.3 Å². The van der Waals surface area contributed by atoms with E-state index >= 15 is 0 Å². The predicted molar refractivity (Wildman–Crippen MR) is 110 cm³/mol. The zero-order valence-electron chi connectivity index (χ0n) is 15.6. The molecule has 5 heteroatoms. The van der Waals surface area contributed by atoms with E-state index in [2.05, 4.69) is 11.9 Å². The number of fused-ring (bicyclic) bond motifs is 1. The number of halogens is 1. The Morgan fingerprint density at radius 2 is 1.85 bits per heavy atom. The van der Waals surface area contributed by atoms with Gasteiger partial charge in [0.25, 0.3) is 5.56 Å². The van der Waals surface area contributed by atoms with Crippen LogP contribution < -0.4 is 5.56 Å². The first-order valence-corrected chi connectivity index (χ1v) is 9.89. The fourth-order valence-corrected chi connectivity index (χ4v) is 4.15. The van der Waals surface area contributed by atoms with Crippen LogP contribution in [0.4, 0.5) is 0 Å². The molecule has 0 saturated carbocycles. The van der Waals surface area contributed by atoms with Crippen LogP contribution in [0, 0.1) is 5.92 Å². The molecule has 0 N–H and O–H groups in total. The number of likely N-dealkylation sites (tertiary alicyclic amines) is 1. The first-order chi connectivity index (χ1) is 13.1. The average molecular weight is 382 g/mol. The number of benzene rings is 2. The molecule has 140 valence electrons. The van der Waals surface area contributed by atoms with Gasteiger partial charge in [-0.25, -0.2) is 4.68 Å². The summed E-state index contributed by atoms with van der Waals surface area (Å²) in [4.78, 5) is 15.3. The van der Waals surface area contributed by atoms with E-state index in [0.29, 0.717) is 18.9 Å². The predicted octanol–water partition coefficient (Wildman–Crippen LogP) is 3.98. The second-order valence-electron chi connectivity index (χ2n) is 7.55. The molecule has 0 amide bonds. The van der Waals surface area contributed by atoms with E-state index in [9.17, 15) is 4.79 Å². The Bertz CT molecular complexity index is 997. The standard InChI is InChI=1S/C22H24ClN3O/c1-25-12-4-5-17(14-25)15-26-22(27)20-7-3-2-6-19(20)21(24-26)13-16-8-10-18(23)11-9-16/h2-3,6-11,17H,4-5,12-15H2,1H3. The van der Waals surface area contributed by atoms with Gasteiger partial charge in [-0.15, -0.1) is 0 Å². The van der Waals surface area contributed by atoms with Gasteiger partial charge in [-0.3, -0.25) is 4.79 Å². The molecule has 1 atom stereocenters. The van der Waals surface area contributed by atoms with Crippen molar-refractivity contribution in [2.75, 3.05) is 20.1 Å². The van der Waals surface area contributed by atoms with Gasteiger partial charge in [0.1, 0.15) is 0 Å². The van der Waals surface area contributed by atoms with E-state index in [4.69, 9.17) is 16.7 Å². The topological polar surface area (TPSA) is 38.1 Å². The van der Waals surface area contributed by atoms with Crippen molar-refractivity contribution in [2.45, 2.75) is 25.8 Å². The zero-order valence-corrected chi connectivity index (χ0v) is 16.3. The van der Waals surface area contributed by atoms with Crippen LogP contribution in [-0.2, 0) is 13.0 Å². The van der Waals surface area contributed by atoms with Crippen molar-refractivity contribution in [3.8, 4) is 0 Å². The molecule has 2 aromatic carbocycles. The highest BCUT2D eigenvalue weighted by molar-refractivity contribution is 6.30. The molecule has 0 aliphatic carbocycles. The number of rotatable bonds is 4. The molecule has 1 unspecified atom stereocenters. The maximum absolute atomic E-state index is 13.0. The molecule has 1 saturated heterocycles. The summed E-state index contributed by atoms with van der Waals surface area (Å²) in [7, 11) is 2.15. The summed E-state index contributed by atoms with van der Waals surface area (Å²) in [6.45, 7) is 2.84. The van der Waals surface area contributed by atoms with Gasteiger partial charge in [-0.1, -0.05) is 41.9 Å². The molecule has 1 aromatic heterocycles. The quantitative estimate of drug-likeness (QED) is 0.686. The third-order valence-electron chi connectivity index (χ3n) is 5.38. The Morgan fingerprint density at radius 1 is 1.11 bits per heavy atom. The van der Waals surface area contributed by atoms with Crippen LogP contribution in [-0.4, -0.2) is 34.8 Å². The van der Waals surface area contributed by atoms with E-state index in [0.717, 1.165) is 46.6 Å². The van der Waals surface area contributed by atoms with Crippen molar-refractivity contribution in [3.05, 3.63) is 75.2 Å². The third-order valence-corrected chi connectivity index (χ3v) is 5.63. The van der Waals surface area contributed by atoms with Crippen molar-refractivity contribution < 1.29 is 0 Å². The van der Waals surface area contributed by atoms with E-state index < -0.39 is 0 Å². The molecule has 1 fully saturated rings. The highest BCUT2D eigenvalue weighted by atomic mass is 35.5. The number of hydrogen-bond acceptors (Lipinski definition) is 3. The lowest BCUT2D eigenvalue weighted by Gasteiger charge is -2.29. The molecule has 0 bridgehead atoms. The molecule has 4 rings (SSSR count). The van der Waals surface area contributed by atoms with Gasteiger partial charge in [-0.05, 0) is 56.1 Å². The zero-order chi connectivity index (χ0) is 18.8. The number of aromatic nitrogens is 2. The first kappa shape index (κ1) is 18.2. The number of nitrogens with zero attached hydrogens (tertiary/aromatic N) is 3. The highest BCUT2D eigenvalue weighted by Crippen LogP contribution is 2.20. The van der Waals surface area contributed by atoms with Gasteiger partial charge < -0.3 is 4.90 Å². The molecule has 27 heavy (non-hydrogen) atoms. The maximum atomic E-state index is 13.0. The number of hydrogen-bond donors (Lipinski definition) is 0. The second kappa shape index (κ2) is 7.83. The fourth-order valence-electron chi connectivity index (χ4n) is 4.02. The average Bonchev–Trinajstić information content (AvgIpc) is 2.67. The van der Waals surface area contributed by atoms with E-state index in [-0.39, 0.29) is 5.56 Å². The lowest BCUT2D eigenvalue weighted by molar-refractivity contribution is 0.189. The summed E-state index contributed by atoms with van der Waals surface area (Å²) < 4.78 is 1.69. The van der Waals surface area contributed by atoms with Crippen LogP contribution in [0.1, 0.15) is 24.1 Å². The Labute approximate surface area is 164 Å². The van der Waals surface area contributed by atoms with Crippen LogP contribution >= 0.6 is 11.6 Å². The Morgan fingerprint density at radius 3 is 2.59 bits per heavy atom. The summed E-state index contributed by atoms with van der Waals surface area (Å²) in [5.74, 6) is 0.471. The Balaban J connectivity index is 1.72. The van der Waals surface area contributed by atoms with Crippen molar-refractivity contribution in [2.24, 2.45) is 5.92 Å². The monoisotopic (exact) mass is 381 g/mol. The normalized spacial score (nSPS) is 18.1. The Kier molecular flexibility index (Phi) is 5.28. The van der Waals surface area contributed by atoms with Crippen molar-refractivity contribution in [1.82, 2.24) is 14.7 Å². The highest BCUT2D eigenvalue weighted by Gasteiger charge is 2.20. The van der Waals surface area contributed by atoms with Crippen molar-refractivity contribution in [1.29, 1.82) is 0 Å². The smallest absolute Gasteiger partial charge is 0.274 e. The molecule has 2 heterocycles. The minimum Gasteiger partial charge on any atom is -0.306 e. The summed E-state index contributed by atoms with van der Waals surface area (Å²) in [6, 6.07) is 15.6. The minimum atomic E-state index is 0.0127. The molecular weight excluding hydrogens is 358 g/mol. The van der Waals surface area contributed by atoms with E-state index in [1.165, 1.54) is 6.42 Å². The lowest BCUT2D eigenvalue weighted by Crippen LogP contribution is -2.37. The third kappa shape index (κ3) is 4.07. The lowest BCUT2D eigenvalue weighted by atomic mass is 9.98. The maximum Gasteiger partial charge on any atom is 0.274 e. The number of piperidine rings is 1.